The van der Waals surface area contributed by atoms with E-state index in [4.69, 9.17) is 10.6 Å². The van der Waals surface area contributed by atoms with E-state index < -0.39 is 12.7 Å². The number of anilines is 1. The van der Waals surface area contributed by atoms with E-state index in [0.29, 0.717) is 36.1 Å². The number of aromatic nitrogens is 4. The molecule has 2 aromatic rings. The lowest BCUT2D eigenvalue weighted by Crippen LogP contribution is -2.35. The molecule has 0 amide bonds. The van der Waals surface area contributed by atoms with Crippen molar-refractivity contribution in [3.63, 3.8) is 0 Å². The standard InChI is InChI=1S/C17H27F2N7O2/c1-5-27-11(4)12(6-15(25-20)28-17(18)19)23-14-8-21-13-7-22-26(9-10(2)3)16(13)24-14/h6-8,10-12,17,25H,5,9,20H2,1-4H3,(H,23,24)/b15-6+. The molecule has 0 fully saturated rings. The van der Waals surface area contributed by atoms with Gasteiger partial charge in [0.25, 0.3) is 0 Å². The summed E-state index contributed by atoms with van der Waals surface area (Å²) < 4.78 is 36.8. The Morgan fingerprint density at radius 1 is 1.32 bits per heavy atom. The molecule has 0 saturated heterocycles. The van der Waals surface area contributed by atoms with Crippen LogP contribution < -0.4 is 16.6 Å². The van der Waals surface area contributed by atoms with Crippen LogP contribution in [0.1, 0.15) is 27.7 Å². The van der Waals surface area contributed by atoms with Crippen LogP contribution in [-0.2, 0) is 16.0 Å². The Bertz CT molecular complexity index is 782. The Morgan fingerprint density at radius 2 is 2.07 bits per heavy atom. The Balaban J connectivity index is 2.30. The number of fused-ring (bicyclic) bond motifs is 1. The monoisotopic (exact) mass is 399 g/mol. The minimum absolute atomic E-state index is 0.280. The average molecular weight is 399 g/mol. The molecule has 156 valence electrons. The van der Waals surface area contributed by atoms with Crippen molar-refractivity contribution in [1.82, 2.24) is 25.2 Å². The first-order valence-corrected chi connectivity index (χ1v) is 9.04. The topological polar surface area (TPSA) is 112 Å². The zero-order valence-corrected chi connectivity index (χ0v) is 16.4. The van der Waals surface area contributed by atoms with E-state index in [2.05, 4.69) is 44.4 Å². The first kappa shape index (κ1) is 21.8. The van der Waals surface area contributed by atoms with E-state index in [1.165, 1.54) is 6.08 Å². The van der Waals surface area contributed by atoms with Crippen LogP contribution in [-0.4, -0.2) is 45.1 Å². The average Bonchev–Trinajstić information content (AvgIpc) is 3.01. The first-order chi connectivity index (χ1) is 13.3. The van der Waals surface area contributed by atoms with Crippen molar-refractivity contribution < 1.29 is 18.3 Å². The number of hydrogen-bond donors (Lipinski definition) is 3. The predicted octanol–water partition coefficient (Wildman–Crippen LogP) is 2.23. The van der Waals surface area contributed by atoms with Crippen molar-refractivity contribution in [3.8, 4) is 0 Å². The fourth-order valence-electron chi connectivity index (χ4n) is 2.61. The molecule has 0 spiro atoms. The molecular formula is C17H27F2N7O2. The lowest BCUT2D eigenvalue weighted by atomic mass is 10.1. The number of alkyl halides is 2. The summed E-state index contributed by atoms with van der Waals surface area (Å²) in [4.78, 5) is 8.92. The van der Waals surface area contributed by atoms with Gasteiger partial charge >= 0.3 is 6.61 Å². The number of nitrogens with zero attached hydrogens (tertiary/aromatic N) is 4. The van der Waals surface area contributed by atoms with Gasteiger partial charge in [0.15, 0.2) is 5.65 Å². The summed E-state index contributed by atoms with van der Waals surface area (Å²) in [6.07, 6.45) is 4.20. The molecule has 2 unspecified atom stereocenters. The molecule has 2 atom stereocenters. The Morgan fingerprint density at radius 3 is 2.68 bits per heavy atom. The Kier molecular flexibility index (Phi) is 7.88. The maximum Gasteiger partial charge on any atom is 0.388 e. The zero-order chi connectivity index (χ0) is 20.7. The quantitative estimate of drug-likeness (QED) is 0.300. The van der Waals surface area contributed by atoms with Gasteiger partial charge in [0, 0.05) is 19.2 Å². The molecule has 0 aliphatic heterocycles. The van der Waals surface area contributed by atoms with Crippen LogP contribution in [0.2, 0.25) is 0 Å². The normalized spacial score (nSPS) is 14.5. The molecule has 4 N–H and O–H groups in total. The number of halogens is 2. The van der Waals surface area contributed by atoms with Crippen LogP contribution in [0.4, 0.5) is 14.6 Å². The van der Waals surface area contributed by atoms with Gasteiger partial charge in [-0.2, -0.15) is 13.9 Å². The van der Waals surface area contributed by atoms with Gasteiger partial charge in [-0.25, -0.2) is 20.5 Å². The van der Waals surface area contributed by atoms with Crippen molar-refractivity contribution in [2.45, 2.75) is 53.0 Å². The first-order valence-electron chi connectivity index (χ1n) is 9.04. The Labute approximate surface area is 162 Å². The van der Waals surface area contributed by atoms with Crippen LogP contribution in [0.3, 0.4) is 0 Å². The van der Waals surface area contributed by atoms with E-state index >= 15 is 0 Å². The van der Waals surface area contributed by atoms with Gasteiger partial charge in [-0.15, -0.1) is 0 Å². The van der Waals surface area contributed by atoms with Crippen molar-refractivity contribution in [2.24, 2.45) is 11.8 Å². The minimum atomic E-state index is -3.01. The molecule has 0 bridgehead atoms. The number of nitrogens with two attached hydrogens (primary N) is 1. The van der Waals surface area contributed by atoms with Gasteiger partial charge in [-0.05, 0) is 19.8 Å². The second kappa shape index (κ2) is 10.1. The minimum Gasteiger partial charge on any atom is -0.418 e. The lowest BCUT2D eigenvalue weighted by Gasteiger charge is -2.23. The van der Waals surface area contributed by atoms with Crippen LogP contribution in [0, 0.1) is 5.92 Å². The molecule has 0 saturated carbocycles. The smallest absolute Gasteiger partial charge is 0.388 e. The molecular weight excluding hydrogens is 372 g/mol. The number of hydrogen-bond acceptors (Lipinski definition) is 8. The van der Waals surface area contributed by atoms with Crippen molar-refractivity contribution >= 4 is 17.0 Å². The highest BCUT2D eigenvalue weighted by Crippen LogP contribution is 2.16. The number of ether oxygens (including phenoxy) is 2. The van der Waals surface area contributed by atoms with Gasteiger partial charge < -0.3 is 14.8 Å². The molecule has 2 rings (SSSR count). The Hall–Kier alpha value is -2.53. The summed E-state index contributed by atoms with van der Waals surface area (Å²) >= 11 is 0. The highest BCUT2D eigenvalue weighted by molar-refractivity contribution is 5.71. The van der Waals surface area contributed by atoms with Gasteiger partial charge in [0.05, 0.1) is 24.5 Å². The molecule has 28 heavy (non-hydrogen) atoms. The second-order valence-corrected chi connectivity index (χ2v) is 6.57. The largest absolute Gasteiger partial charge is 0.418 e. The molecule has 0 aliphatic rings. The maximum atomic E-state index is 12.5. The third-order valence-electron chi connectivity index (χ3n) is 3.82. The number of nitrogens with one attached hydrogen (secondary N) is 2. The summed E-state index contributed by atoms with van der Waals surface area (Å²) in [5, 5.41) is 7.44. The van der Waals surface area contributed by atoms with Gasteiger partial charge in [-0.1, -0.05) is 13.8 Å². The van der Waals surface area contributed by atoms with E-state index in [0.717, 1.165) is 0 Å². The summed E-state index contributed by atoms with van der Waals surface area (Å²) in [7, 11) is 0. The lowest BCUT2D eigenvalue weighted by molar-refractivity contribution is -0.102. The van der Waals surface area contributed by atoms with Gasteiger partial charge in [0.2, 0.25) is 5.88 Å². The van der Waals surface area contributed by atoms with Crippen molar-refractivity contribution in [2.75, 3.05) is 11.9 Å². The predicted molar refractivity (Wildman–Crippen MR) is 101 cm³/mol. The third kappa shape index (κ3) is 5.99. The summed E-state index contributed by atoms with van der Waals surface area (Å²) in [5.41, 5.74) is 3.42. The summed E-state index contributed by atoms with van der Waals surface area (Å²) in [6.45, 7) is 5.93. The van der Waals surface area contributed by atoms with Crippen LogP contribution in [0.15, 0.2) is 24.4 Å². The fraction of sp³-hybridized carbons (Fsp3) is 0.588. The highest BCUT2D eigenvalue weighted by atomic mass is 19.3. The number of hydrazine groups is 1. The number of rotatable bonds is 11. The molecule has 0 aromatic carbocycles. The SMILES string of the molecule is CCOC(C)C(/C=C(\NN)OC(F)F)Nc1cnc2cnn(CC(C)C)c2n1. The van der Waals surface area contributed by atoms with E-state index in [1.807, 2.05) is 6.92 Å². The molecule has 2 aromatic heterocycles. The zero-order valence-electron chi connectivity index (χ0n) is 16.4. The molecule has 0 aliphatic carbocycles. The summed E-state index contributed by atoms with van der Waals surface area (Å²) in [6, 6.07) is -0.557. The van der Waals surface area contributed by atoms with Crippen molar-refractivity contribution in [1.29, 1.82) is 0 Å². The molecule has 0 radical (unpaired) electrons. The van der Waals surface area contributed by atoms with Crippen molar-refractivity contribution in [3.05, 3.63) is 24.4 Å². The van der Waals surface area contributed by atoms with Crippen LogP contribution in [0.25, 0.3) is 11.2 Å². The molecule has 9 nitrogen and oxygen atoms in total. The van der Waals surface area contributed by atoms with Gasteiger partial charge in [0.1, 0.15) is 11.3 Å². The second-order valence-electron chi connectivity index (χ2n) is 6.57. The molecule has 11 heteroatoms. The van der Waals surface area contributed by atoms with Crippen LogP contribution >= 0.6 is 0 Å². The third-order valence-corrected chi connectivity index (χ3v) is 3.82. The maximum absolute atomic E-state index is 12.5. The molecule has 2 heterocycles. The van der Waals surface area contributed by atoms with E-state index in [-0.39, 0.29) is 12.0 Å². The van der Waals surface area contributed by atoms with E-state index in [1.54, 1.807) is 24.0 Å². The van der Waals surface area contributed by atoms with Gasteiger partial charge in [-0.3, -0.25) is 5.43 Å². The highest BCUT2D eigenvalue weighted by Gasteiger charge is 2.19. The van der Waals surface area contributed by atoms with Crippen LogP contribution in [0.5, 0.6) is 0 Å². The summed E-state index contributed by atoms with van der Waals surface area (Å²) in [5.74, 6) is 5.83. The fourth-order valence-corrected chi connectivity index (χ4v) is 2.61. The van der Waals surface area contributed by atoms with E-state index in [9.17, 15) is 8.78 Å².